The molecule has 1 N–H and O–H groups in total. The second kappa shape index (κ2) is 43.9. The summed E-state index contributed by atoms with van der Waals surface area (Å²) in [6.45, 7) is 12.5. The van der Waals surface area contributed by atoms with Gasteiger partial charge in [-0.05, 0) is 32.1 Å². The lowest BCUT2D eigenvalue weighted by molar-refractivity contribution is -0.150. The van der Waals surface area contributed by atoms with Gasteiger partial charge in [-0.15, -0.1) is 6.58 Å². The lowest BCUT2D eigenvalue weighted by Crippen LogP contribution is -2.41. The standard InChI is InChI=1S/C49H96NO7P/c1-6-11-14-17-20-23-25-27-29-32-35-38-41-49(52)57-47(39-36-33-30-22-19-16-13-8-3)44-46(45-56-58(53,54-42-9-4)55-43-10-5)50-48(51)40-37-34-31-28-26-24-21-18-15-12-7-2/h9,46-47H,4,6-8,10-45H2,1-3,5H3,(H,50,51)/t46-,47?,58?/m1/s1. The third-order valence-corrected chi connectivity index (χ3v) is 12.5. The third kappa shape index (κ3) is 39.0. The van der Waals surface area contributed by atoms with Crippen LogP contribution in [0.25, 0.3) is 0 Å². The van der Waals surface area contributed by atoms with Crippen LogP contribution < -0.4 is 5.32 Å². The van der Waals surface area contributed by atoms with Crippen LogP contribution in [0.4, 0.5) is 0 Å². The summed E-state index contributed by atoms with van der Waals surface area (Å²) in [7, 11) is -3.88. The lowest BCUT2D eigenvalue weighted by atomic mass is 10.0. The van der Waals surface area contributed by atoms with Gasteiger partial charge < -0.3 is 10.1 Å². The number of hydrogen-bond acceptors (Lipinski definition) is 7. The van der Waals surface area contributed by atoms with Crippen molar-refractivity contribution in [3.05, 3.63) is 12.7 Å². The fourth-order valence-corrected chi connectivity index (χ4v) is 8.74. The Morgan fingerprint density at radius 2 is 0.948 bits per heavy atom. The van der Waals surface area contributed by atoms with Crippen LogP contribution in [0.3, 0.4) is 0 Å². The normalized spacial score (nSPS) is 13.6. The minimum absolute atomic E-state index is 0.0225. The maximum Gasteiger partial charge on any atom is 0.475 e. The topological polar surface area (TPSA) is 100 Å². The van der Waals surface area contributed by atoms with Crippen LogP contribution in [-0.4, -0.2) is 43.8 Å². The minimum Gasteiger partial charge on any atom is -0.462 e. The van der Waals surface area contributed by atoms with Gasteiger partial charge in [0.05, 0.1) is 25.9 Å². The Morgan fingerprint density at radius 1 is 0.534 bits per heavy atom. The largest absolute Gasteiger partial charge is 0.475 e. The van der Waals surface area contributed by atoms with E-state index in [1.54, 1.807) is 0 Å². The number of esters is 1. The van der Waals surface area contributed by atoms with Crippen molar-refractivity contribution in [2.75, 3.05) is 19.8 Å². The maximum absolute atomic E-state index is 13.5. The molecule has 0 bridgehead atoms. The molecule has 0 spiro atoms. The zero-order valence-corrected chi connectivity index (χ0v) is 39.7. The minimum atomic E-state index is -3.88. The number of ether oxygens (including phenoxy) is 1. The van der Waals surface area contributed by atoms with Crippen molar-refractivity contribution >= 4 is 19.7 Å². The van der Waals surface area contributed by atoms with E-state index >= 15 is 0 Å². The average molecular weight is 842 g/mol. The Kier molecular flexibility index (Phi) is 43.0. The first-order chi connectivity index (χ1) is 28.3. The molecule has 0 rings (SSSR count). The molecule has 0 aliphatic rings. The number of carbonyl (C=O) groups excluding carboxylic acids is 2. The second-order valence-electron chi connectivity index (χ2n) is 17.0. The molecule has 8 nitrogen and oxygen atoms in total. The molecule has 9 heteroatoms. The van der Waals surface area contributed by atoms with Crippen molar-refractivity contribution < 1.29 is 32.5 Å². The molecule has 0 aromatic carbocycles. The van der Waals surface area contributed by atoms with Gasteiger partial charge in [-0.2, -0.15) is 0 Å². The van der Waals surface area contributed by atoms with Gasteiger partial charge in [0.25, 0.3) is 0 Å². The predicted octanol–water partition coefficient (Wildman–Crippen LogP) is 15.9. The first-order valence-electron chi connectivity index (χ1n) is 25.0. The van der Waals surface area contributed by atoms with E-state index in [4.69, 9.17) is 18.3 Å². The number of hydrogen-bond donors (Lipinski definition) is 1. The SMILES string of the molecule is C=CCOP(=O)(OCCC)OC[C@@H](CC(CCCCCCCCCC)OC(=O)CCCCCCCCCCCCCC)NC(=O)CCCCCCCCCCCCC. The van der Waals surface area contributed by atoms with Crippen molar-refractivity contribution in [1.82, 2.24) is 5.32 Å². The van der Waals surface area contributed by atoms with Crippen LogP contribution in [0.1, 0.15) is 259 Å². The first-order valence-corrected chi connectivity index (χ1v) is 26.4. The Hall–Kier alpha value is -1.21. The zero-order chi connectivity index (χ0) is 42.6. The number of unbranched alkanes of at least 4 members (excludes halogenated alkanes) is 28. The molecular formula is C49H96NO7P. The van der Waals surface area contributed by atoms with Gasteiger partial charge in [-0.25, -0.2) is 4.57 Å². The van der Waals surface area contributed by atoms with Crippen LogP contribution in [0.15, 0.2) is 12.7 Å². The summed E-state index contributed by atoms with van der Waals surface area (Å²) in [5.74, 6) is -0.232. The van der Waals surface area contributed by atoms with Crippen molar-refractivity contribution in [1.29, 1.82) is 0 Å². The Balaban J connectivity index is 5.30. The van der Waals surface area contributed by atoms with E-state index in [1.807, 2.05) is 6.92 Å². The van der Waals surface area contributed by atoms with Gasteiger partial charge in [0.2, 0.25) is 5.91 Å². The molecule has 0 fully saturated rings. The summed E-state index contributed by atoms with van der Waals surface area (Å²) < 4.78 is 36.5. The predicted molar refractivity (Wildman–Crippen MR) is 246 cm³/mol. The van der Waals surface area contributed by atoms with Gasteiger partial charge >= 0.3 is 13.8 Å². The molecule has 0 aliphatic carbocycles. The summed E-state index contributed by atoms with van der Waals surface area (Å²) in [5.41, 5.74) is 0. The fraction of sp³-hybridized carbons (Fsp3) is 0.918. The van der Waals surface area contributed by atoms with E-state index in [1.165, 1.54) is 154 Å². The van der Waals surface area contributed by atoms with Crippen molar-refractivity contribution in [3.8, 4) is 0 Å². The second-order valence-corrected chi connectivity index (χ2v) is 18.6. The average Bonchev–Trinajstić information content (AvgIpc) is 3.21. The van der Waals surface area contributed by atoms with E-state index in [9.17, 15) is 14.2 Å². The van der Waals surface area contributed by atoms with Gasteiger partial charge in [0.15, 0.2) is 0 Å². The van der Waals surface area contributed by atoms with Gasteiger partial charge in [0, 0.05) is 19.3 Å². The number of phosphoric acid groups is 1. The number of rotatable bonds is 47. The Bertz CT molecular complexity index is 963. The molecule has 0 aliphatic heterocycles. The number of nitrogens with one attached hydrogen (secondary N) is 1. The molecule has 58 heavy (non-hydrogen) atoms. The van der Waals surface area contributed by atoms with Crippen LogP contribution in [0.5, 0.6) is 0 Å². The number of carbonyl (C=O) groups is 2. The Labute approximate surface area is 359 Å². The highest BCUT2D eigenvalue weighted by Crippen LogP contribution is 2.49. The summed E-state index contributed by atoms with van der Waals surface area (Å²) in [6.07, 6.45) is 41.6. The number of amides is 1. The van der Waals surface area contributed by atoms with E-state index in [2.05, 4.69) is 32.7 Å². The highest BCUT2D eigenvalue weighted by atomic mass is 31.2. The molecule has 0 aromatic heterocycles. The summed E-state index contributed by atoms with van der Waals surface area (Å²) in [6, 6.07) is -0.510. The van der Waals surface area contributed by atoms with Crippen LogP contribution >= 0.6 is 7.82 Å². The fourth-order valence-electron chi connectivity index (χ4n) is 7.46. The molecule has 0 heterocycles. The van der Waals surface area contributed by atoms with Crippen LogP contribution in [0, 0.1) is 0 Å². The first kappa shape index (κ1) is 56.8. The third-order valence-electron chi connectivity index (χ3n) is 11.1. The molecular weight excluding hydrogens is 746 g/mol. The highest BCUT2D eigenvalue weighted by Gasteiger charge is 2.30. The zero-order valence-electron chi connectivity index (χ0n) is 38.8. The maximum atomic E-state index is 13.5. The van der Waals surface area contributed by atoms with Gasteiger partial charge in [0.1, 0.15) is 6.10 Å². The quantitative estimate of drug-likeness (QED) is 0.0282. The van der Waals surface area contributed by atoms with Crippen molar-refractivity contribution in [2.45, 2.75) is 271 Å². The molecule has 344 valence electrons. The van der Waals surface area contributed by atoms with Crippen molar-refractivity contribution in [3.63, 3.8) is 0 Å². The number of phosphoric ester groups is 1. The summed E-state index contributed by atoms with van der Waals surface area (Å²) in [5, 5.41) is 3.16. The smallest absolute Gasteiger partial charge is 0.462 e. The summed E-state index contributed by atoms with van der Waals surface area (Å²) >= 11 is 0. The molecule has 2 unspecified atom stereocenters. The molecule has 0 saturated heterocycles. The van der Waals surface area contributed by atoms with E-state index in [0.717, 1.165) is 57.8 Å². The monoisotopic (exact) mass is 842 g/mol. The molecule has 0 radical (unpaired) electrons. The molecule has 3 atom stereocenters. The van der Waals surface area contributed by atoms with Crippen LogP contribution in [0.2, 0.25) is 0 Å². The van der Waals surface area contributed by atoms with Gasteiger partial charge in [-0.1, -0.05) is 214 Å². The van der Waals surface area contributed by atoms with E-state index < -0.39 is 13.9 Å². The lowest BCUT2D eigenvalue weighted by Gasteiger charge is -2.26. The molecule has 0 saturated carbocycles. The van der Waals surface area contributed by atoms with E-state index in [0.29, 0.717) is 25.7 Å². The van der Waals surface area contributed by atoms with E-state index in [-0.39, 0.29) is 37.8 Å². The highest BCUT2D eigenvalue weighted by molar-refractivity contribution is 7.48. The molecule has 0 aromatic rings. The van der Waals surface area contributed by atoms with Crippen LogP contribution in [-0.2, 0) is 32.5 Å². The van der Waals surface area contributed by atoms with Crippen molar-refractivity contribution in [2.24, 2.45) is 0 Å². The Morgan fingerprint density at radius 3 is 1.38 bits per heavy atom. The summed E-state index contributed by atoms with van der Waals surface area (Å²) in [4.78, 5) is 26.5. The van der Waals surface area contributed by atoms with Gasteiger partial charge in [-0.3, -0.25) is 23.2 Å². The molecule has 1 amide bonds.